The summed E-state index contributed by atoms with van der Waals surface area (Å²) >= 11 is 0. The molecule has 0 aromatic rings. The summed E-state index contributed by atoms with van der Waals surface area (Å²) in [6, 6.07) is -4.18. The van der Waals surface area contributed by atoms with Crippen molar-refractivity contribution in [2.24, 2.45) is 34.4 Å². The molecular formula is C23H46N6O13. The molecule has 19 heteroatoms. The Morgan fingerprint density at radius 1 is 0.524 bits per heavy atom. The second kappa shape index (κ2) is 14.1. The van der Waals surface area contributed by atoms with Crippen molar-refractivity contribution in [3.8, 4) is 0 Å². The number of rotatable bonds is 9. The average molecular weight is 615 g/mol. The van der Waals surface area contributed by atoms with Gasteiger partial charge in [-0.15, -0.1) is 0 Å². The molecule has 0 spiro atoms. The number of aliphatic hydroxyl groups excluding tert-OH is 7. The summed E-state index contributed by atoms with van der Waals surface area (Å²) in [6.45, 7) is -0.967. The Bertz CT molecular complexity index is 868. The summed E-state index contributed by atoms with van der Waals surface area (Å²) in [5, 5.41) is 73.0. The van der Waals surface area contributed by atoms with Crippen LogP contribution in [0.5, 0.6) is 0 Å². The molecule has 42 heavy (non-hydrogen) atoms. The Balaban J connectivity index is 1.50. The van der Waals surface area contributed by atoms with Gasteiger partial charge in [-0.2, -0.15) is 0 Å². The zero-order chi connectivity index (χ0) is 31.0. The van der Waals surface area contributed by atoms with E-state index in [0.717, 1.165) is 0 Å². The lowest BCUT2D eigenvalue weighted by molar-refractivity contribution is -0.306. The highest BCUT2D eigenvalue weighted by molar-refractivity contribution is 5.02. The van der Waals surface area contributed by atoms with Gasteiger partial charge in [0.15, 0.2) is 18.9 Å². The average Bonchev–Trinajstić information content (AvgIpc) is 3.27. The van der Waals surface area contributed by atoms with Gasteiger partial charge in [-0.3, -0.25) is 0 Å². The largest absolute Gasteiger partial charge is 0.394 e. The minimum Gasteiger partial charge on any atom is -0.394 e. The SMILES string of the molecule is NCC1O[C@H](O[C@@H]2C(N)C[C@@H](N)[C@@H](O)C2O[C@@H]2O[C@H](CO)C(OC3O[C@@H](CN)C(O)[C@@H](O)[C@H]3N)[C@@H]2O)C(N)[C@@H](O)[C@@H]1O. The van der Waals surface area contributed by atoms with Gasteiger partial charge in [-0.05, 0) is 6.42 Å². The van der Waals surface area contributed by atoms with Gasteiger partial charge >= 0.3 is 0 Å². The lowest BCUT2D eigenvalue weighted by Gasteiger charge is -2.47. The highest BCUT2D eigenvalue weighted by Gasteiger charge is 2.54. The molecule has 1 saturated carbocycles. The van der Waals surface area contributed by atoms with E-state index in [0.29, 0.717) is 0 Å². The maximum atomic E-state index is 11.1. The van der Waals surface area contributed by atoms with E-state index in [1.807, 2.05) is 0 Å². The predicted octanol–water partition coefficient (Wildman–Crippen LogP) is -8.90. The molecule has 4 fully saturated rings. The third kappa shape index (κ3) is 6.60. The molecule has 0 amide bonds. The number of nitrogens with two attached hydrogens (primary N) is 6. The van der Waals surface area contributed by atoms with E-state index in [-0.39, 0.29) is 19.5 Å². The first-order valence-corrected chi connectivity index (χ1v) is 13.9. The number of hydrogen-bond donors (Lipinski definition) is 13. The van der Waals surface area contributed by atoms with E-state index in [4.69, 9.17) is 62.8 Å². The second-order valence-electron chi connectivity index (χ2n) is 11.2. The van der Waals surface area contributed by atoms with Crippen molar-refractivity contribution in [1.82, 2.24) is 0 Å². The van der Waals surface area contributed by atoms with Crippen molar-refractivity contribution in [3.63, 3.8) is 0 Å². The lowest BCUT2D eigenvalue weighted by atomic mass is 9.84. The second-order valence-corrected chi connectivity index (χ2v) is 11.2. The first-order valence-electron chi connectivity index (χ1n) is 13.9. The molecule has 7 unspecified atom stereocenters. The van der Waals surface area contributed by atoms with Crippen LogP contribution in [0.25, 0.3) is 0 Å². The normalized spacial score (nSPS) is 53.8. The molecule has 0 radical (unpaired) electrons. The van der Waals surface area contributed by atoms with Gasteiger partial charge in [-0.25, -0.2) is 0 Å². The van der Waals surface area contributed by atoms with Crippen LogP contribution in [0.2, 0.25) is 0 Å². The van der Waals surface area contributed by atoms with Crippen molar-refractivity contribution in [1.29, 1.82) is 0 Å². The molecule has 3 aliphatic heterocycles. The molecule has 0 aromatic heterocycles. The fourth-order valence-electron chi connectivity index (χ4n) is 5.74. The smallest absolute Gasteiger partial charge is 0.187 e. The Kier molecular flexibility index (Phi) is 11.5. The molecular weight excluding hydrogens is 568 g/mol. The molecule has 3 saturated heterocycles. The van der Waals surface area contributed by atoms with Crippen molar-refractivity contribution in [3.05, 3.63) is 0 Å². The molecule has 4 aliphatic rings. The summed E-state index contributed by atoms with van der Waals surface area (Å²) in [5.41, 5.74) is 35.6. The third-order valence-corrected chi connectivity index (χ3v) is 8.37. The van der Waals surface area contributed by atoms with E-state index < -0.39 is 123 Å². The summed E-state index contributed by atoms with van der Waals surface area (Å²) in [4.78, 5) is 0. The Hall–Kier alpha value is -0.760. The monoisotopic (exact) mass is 614 g/mol. The standard InChI is InChI=1S/C23H46N6O13/c24-2-7-13(32)15(34)10(28)21(37-7)40-18-6(27)1-5(26)12(31)20(18)42-23-17(36)19(9(4-30)39-23)41-22-11(29)16(35)14(33)8(3-25)38-22/h5-23,30-36H,1-4,24-29H2/t5-,6?,7?,8+,9-,10?,11-,12-,13-,14?,15-,16+,17+,18-,19?,20?,21-,22?,23+/m1/s1. The lowest BCUT2D eigenvalue weighted by Crippen LogP contribution is -2.68. The molecule has 19 atom stereocenters. The van der Waals surface area contributed by atoms with Crippen molar-refractivity contribution >= 4 is 0 Å². The van der Waals surface area contributed by atoms with Gasteiger partial charge in [0, 0.05) is 25.2 Å². The van der Waals surface area contributed by atoms with Crippen molar-refractivity contribution < 1.29 is 64.2 Å². The number of aliphatic hydroxyl groups is 7. The third-order valence-electron chi connectivity index (χ3n) is 8.37. The molecule has 0 bridgehead atoms. The molecule has 3 heterocycles. The van der Waals surface area contributed by atoms with Crippen LogP contribution in [0, 0.1) is 0 Å². The molecule has 1 aliphatic carbocycles. The van der Waals surface area contributed by atoms with Crippen LogP contribution >= 0.6 is 0 Å². The van der Waals surface area contributed by atoms with Crippen LogP contribution in [0.15, 0.2) is 0 Å². The van der Waals surface area contributed by atoms with E-state index in [1.165, 1.54) is 0 Å². The maximum absolute atomic E-state index is 11.1. The number of hydrogen-bond acceptors (Lipinski definition) is 19. The summed E-state index contributed by atoms with van der Waals surface area (Å²) in [5.74, 6) is 0. The van der Waals surface area contributed by atoms with Gasteiger partial charge in [0.05, 0.1) is 24.8 Å². The fourth-order valence-corrected chi connectivity index (χ4v) is 5.74. The van der Waals surface area contributed by atoms with Crippen LogP contribution in [0.3, 0.4) is 0 Å². The minimum absolute atomic E-state index is 0.0889. The van der Waals surface area contributed by atoms with E-state index >= 15 is 0 Å². The highest BCUT2D eigenvalue weighted by atomic mass is 16.8. The Labute approximate surface area is 241 Å². The zero-order valence-corrected chi connectivity index (χ0v) is 22.8. The van der Waals surface area contributed by atoms with Crippen LogP contribution in [-0.2, 0) is 28.4 Å². The molecule has 19 N–H and O–H groups in total. The summed E-state index contributed by atoms with van der Waals surface area (Å²) < 4.78 is 34.6. The van der Waals surface area contributed by atoms with Gasteiger partial charge in [0.2, 0.25) is 0 Å². The van der Waals surface area contributed by atoms with Crippen LogP contribution in [0.4, 0.5) is 0 Å². The topological polar surface area (TPSA) is 353 Å². The van der Waals surface area contributed by atoms with Crippen molar-refractivity contribution in [2.75, 3.05) is 19.7 Å². The first-order chi connectivity index (χ1) is 19.8. The molecule has 246 valence electrons. The van der Waals surface area contributed by atoms with Crippen molar-refractivity contribution in [2.45, 2.75) is 123 Å². The highest BCUT2D eigenvalue weighted by Crippen LogP contribution is 2.34. The van der Waals surface area contributed by atoms with Crippen LogP contribution in [0.1, 0.15) is 6.42 Å². The van der Waals surface area contributed by atoms with E-state index in [2.05, 4.69) is 0 Å². The molecule has 19 nitrogen and oxygen atoms in total. The molecule has 4 rings (SSSR count). The van der Waals surface area contributed by atoms with Gasteiger partial charge in [0.25, 0.3) is 0 Å². The quantitative estimate of drug-likeness (QED) is 0.115. The number of ether oxygens (including phenoxy) is 6. The summed E-state index contributed by atoms with van der Waals surface area (Å²) in [7, 11) is 0. The van der Waals surface area contributed by atoms with Gasteiger partial charge < -0.3 is 98.6 Å². The van der Waals surface area contributed by atoms with Gasteiger partial charge in [-0.1, -0.05) is 0 Å². The van der Waals surface area contributed by atoms with Gasteiger partial charge in [0.1, 0.15) is 67.1 Å². The Morgan fingerprint density at radius 3 is 1.45 bits per heavy atom. The predicted molar refractivity (Wildman–Crippen MR) is 138 cm³/mol. The van der Waals surface area contributed by atoms with E-state index in [1.54, 1.807) is 0 Å². The minimum atomic E-state index is -1.60. The van der Waals surface area contributed by atoms with Crippen LogP contribution in [-0.4, -0.2) is 172 Å². The first kappa shape index (κ1) is 34.1. The summed E-state index contributed by atoms with van der Waals surface area (Å²) in [6.07, 6.45) is -19.8. The maximum Gasteiger partial charge on any atom is 0.187 e. The molecule has 0 aromatic carbocycles. The van der Waals surface area contributed by atoms with E-state index in [9.17, 15) is 35.7 Å². The Morgan fingerprint density at radius 2 is 0.976 bits per heavy atom. The fraction of sp³-hybridized carbons (Fsp3) is 1.00. The van der Waals surface area contributed by atoms with Crippen LogP contribution < -0.4 is 34.4 Å². The zero-order valence-electron chi connectivity index (χ0n) is 22.8.